The van der Waals surface area contributed by atoms with Crippen LogP contribution in [0.5, 0.6) is 0 Å². The minimum atomic E-state index is -1.48. The number of rotatable bonds is 11. The lowest BCUT2D eigenvalue weighted by molar-refractivity contribution is -0.671. The van der Waals surface area contributed by atoms with E-state index >= 15 is 0 Å². The molecule has 0 saturated carbocycles. The third-order valence-electron chi connectivity index (χ3n) is 6.74. The molecule has 2 aliphatic rings. The number of aliphatic carboxylic acids is 1. The Morgan fingerprint density at radius 3 is 2.76 bits per heavy atom. The summed E-state index contributed by atoms with van der Waals surface area (Å²) in [6, 6.07) is 1.90. The molecule has 2 atom stereocenters. The number of imidazole rings is 1. The molecule has 15 nitrogen and oxygen atoms in total. The monoisotopic (exact) mass is 620 g/mol. The maximum Gasteiger partial charge on any atom is 0.306 e. The van der Waals surface area contributed by atoms with Gasteiger partial charge in [-0.15, -0.1) is 16.3 Å². The number of amides is 1. The summed E-state index contributed by atoms with van der Waals surface area (Å²) in [4.78, 5) is 47.3. The number of nitrogens with two attached hydrogens (primary N) is 3. The van der Waals surface area contributed by atoms with Gasteiger partial charge in [0.2, 0.25) is 5.91 Å². The van der Waals surface area contributed by atoms with Gasteiger partial charge in [-0.1, -0.05) is 28.1 Å². The minimum Gasteiger partial charge on any atom is -0.543 e. The van der Waals surface area contributed by atoms with E-state index in [1.54, 1.807) is 0 Å². The molecule has 5 rings (SSSR count). The highest BCUT2D eigenvalue weighted by atomic mass is 35.5. The van der Waals surface area contributed by atoms with Crippen LogP contribution in [-0.2, 0) is 27.5 Å². The van der Waals surface area contributed by atoms with Gasteiger partial charge in [0.05, 0.1) is 42.2 Å². The van der Waals surface area contributed by atoms with Crippen molar-refractivity contribution in [3.05, 3.63) is 46.0 Å². The zero-order valence-corrected chi connectivity index (χ0v) is 23.7. The van der Waals surface area contributed by atoms with Gasteiger partial charge in [-0.05, 0) is 5.57 Å². The van der Waals surface area contributed by atoms with E-state index in [-0.39, 0.29) is 39.8 Å². The number of ketones is 1. The Morgan fingerprint density at radius 1 is 1.32 bits per heavy atom. The summed E-state index contributed by atoms with van der Waals surface area (Å²) >= 11 is 8.31. The number of oxime groups is 1. The third kappa shape index (κ3) is 5.34. The molecule has 3 aromatic rings. The number of anilines is 1. The van der Waals surface area contributed by atoms with E-state index < -0.39 is 34.7 Å². The largest absolute Gasteiger partial charge is 0.543 e. The van der Waals surface area contributed by atoms with Gasteiger partial charge in [-0.2, -0.15) is 0 Å². The normalized spacial score (nSPS) is 18.9. The van der Waals surface area contributed by atoms with Gasteiger partial charge in [0.25, 0.3) is 0 Å². The Kier molecular flexibility index (Phi) is 7.92. The number of hydrogen-bond donors (Lipinski definition) is 4. The number of carboxylic acids is 1. The van der Waals surface area contributed by atoms with Crippen LogP contribution in [0, 0.1) is 5.92 Å². The maximum atomic E-state index is 13.1. The van der Waals surface area contributed by atoms with Crippen molar-refractivity contribution in [2.24, 2.45) is 27.5 Å². The molecule has 0 radical (unpaired) electrons. The highest BCUT2D eigenvalue weighted by molar-refractivity contribution is 8.00. The van der Waals surface area contributed by atoms with Crippen LogP contribution in [0.15, 0.2) is 46.1 Å². The Labute approximate surface area is 245 Å². The standard InChI is InChI=1S/C23H25ClN10O5S2/c24-18-16(29-23(27)41-18)15(30-39)13(35)8-12-19(36)34-17(21(37)38)11(10-40-20(12)34)9-32-5-2-14-31(6-7-33(14)32)4-1-3-28-22(25)26/h2,5-7,12,20H,1,3-4,8-10H2,(H7-,25,26,27,28,29,35,37,38,39)/t12-,20-/m1/s1. The van der Waals surface area contributed by atoms with E-state index in [2.05, 4.69) is 15.1 Å². The number of carboxylic acid groups (broad SMARTS) is 1. The number of aromatic nitrogens is 4. The maximum absolute atomic E-state index is 13.1. The van der Waals surface area contributed by atoms with Gasteiger partial charge in [0, 0.05) is 31.2 Å². The van der Waals surface area contributed by atoms with Crippen molar-refractivity contribution >= 4 is 74.8 Å². The molecule has 0 bridgehead atoms. The molecule has 2 aliphatic heterocycles. The second kappa shape index (κ2) is 11.4. The summed E-state index contributed by atoms with van der Waals surface area (Å²) in [5, 5.41) is 24.2. The molecule has 18 heteroatoms. The lowest BCUT2D eigenvalue weighted by Crippen LogP contribution is -2.63. The molecule has 0 aliphatic carbocycles. The van der Waals surface area contributed by atoms with Gasteiger partial charge in [-0.25, -0.2) is 14.2 Å². The van der Waals surface area contributed by atoms with Crippen molar-refractivity contribution in [3.8, 4) is 0 Å². The van der Waals surface area contributed by atoms with Crippen molar-refractivity contribution in [1.82, 2.24) is 19.1 Å². The number of guanidine groups is 1. The van der Waals surface area contributed by atoms with Crippen LogP contribution in [0.4, 0.5) is 5.13 Å². The van der Waals surface area contributed by atoms with Gasteiger partial charge in [-0.3, -0.25) is 19.5 Å². The number of fused-ring (bicyclic) bond motifs is 2. The predicted molar refractivity (Wildman–Crippen MR) is 149 cm³/mol. The van der Waals surface area contributed by atoms with Crippen LogP contribution < -0.4 is 26.9 Å². The Balaban J connectivity index is 1.31. The quantitative estimate of drug-likeness (QED) is 0.0379. The summed E-state index contributed by atoms with van der Waals surface area (Å²) in [7, 11) is 0. The first-order valence-corrected chi connectivity index (χ1v) is 14.5. The molecule has 1 fully saturated rings. The number of nitrogens with zero attached hydrogens (tertiary/aromatic N) is 7. The predicted octanol–water partition coefficient (Wildman–Crippen LogP) is -1.24. The third-order valence-corrected chi connectivity index (χ3v) is 9.22. The highest BCUT2D eigenvalue weighted by Crippen LogP contribution is 2.45. The zero-order valence-electron chi connectivity index (χ0n) is 21.3. The molecule has 5 heterocycles. The average molecular weight is 621 g/mol. The number of nitrogen functional groups attached to an aromatic ring is 1. The van der Waals surface area contributed by atoms with E-state index in [4.69, 9.17) is 28.8 Å². The molecule has 1 amide bonds. The molecule has 41 heavy (non-hydrogen) atoms. The van der Waals surface area contributed by atoms with Gasteiger partial charge in [0.1, 0.15) is 16.2 Å². The molecule has 1 saturated heterocycles. The number of aliphatic imine (C=N–C) groups is 1. The molecule has 3 aromatic heterocycles. The van der Waals surface area contributed by atoms with Crippen molar-refractivity contribution in [2.45, 2.75) is 31.3 Å². The number of hydrogen-bond acceptors (Lipinski definition) is 11. The molecule has 7 N–H and O–H groups in total. The van der Waals surface area contributed by atoms with Crippen molar-refractivity contribution in [2.75, 3.05) is 18.0 Å². The number of aryl methyl sites for hydroxylation is 1. The lowest BCUT2D eigenvalue weighted by atomic mass is 9.89. The smallest absolute Gasteiger partial charge is 0.306 e. The first-order valence-electron chi connectivity index (χ1n) is 12.3. The van der Waals surface area contributed by atoms with Crippen LogP contribution in [0.25, 0.3) is 5.65 Å². The second-order valence-electron chi connectivity index (χ2n) is 9.27. The van der Waals surface area contributed by atoms with Crippen LogP contribution in [-0.4, -0.2) is 71.3 Å². The molecule has 0 spiro atoms. The topological polar surface area (TPSA) is 227 Å². The molecule has 0 aromatic carbocycles. The van der Waals surface area contributed by atoms with Crippen molar-refractivity contribution in [3.63, 3.8) is 0 Å². The summed E-state index contributed by atoms with van der Waals surface area (Å²) in [6.07, 6.45) is 5.98. The Bertz CT molecular complexity index is 1640. The zero-order chi connectivity index (χ0) is 29.4. The average Bonchev–Trinajstić information content (AvgIpc) is 3.61. The number of carbonyl (C=O) groups excluding carboxylic acids is 3. The summed E-state index contributed by atoms with van der Waals surface area (Å²) in [6.45, 7) is 1.37. The van der Waals surface area contributed by atoms with Crippen LogP contribution in [0.1, 0.15) is 18.5 Å². The van der Waals surface area contributed by atoms with Crippen molar-refractivity contribution in [1.29, 1.82) is 0 Å². The van der Waals surface area contributed by atoms with Gasteiger partial charge >= 0.3 is 5.65 Å². The number of Topliss-reactive ketones (excluding diaryl/α,β-unsaturated/α-hetero) is 1. The van der Waals surface area contributed by atoms with E-state index in [9.17, 15) is 24.7 Å². The van der Waals surface area contributed by atoms with E-state index in [1.165, 1.54) is 16.7 Å². The van der Waals surface area contributed by atoms with E-state index in [1.807, 2.05) is 38.4 Å². The highest BCUT2D eigenvalue weighted by Gasteiger charge is 2.53. The second-order valence-corrected chi connectivity index (χ2v) is 12.0. The Hall–Kier alpha value is -4.09. The van der Waals surface area contributed by atoms with Crippen LogP contribution in [0.2, 0.25) is 4.34 Å². The summed E-state index contributed by atoms with van der Waals surface area (Å²) < 4.78 is 5.81. The van der Waals surface area contributed by atoms with E-state index in [0.29, 0.717) is 24.4 Å². The number of carbonyl (C=O) groups is 3. The first-order chi connectivity index (χ1) is 19.6. The first kappa shape index (κ1) is 28.4. The number of thiazole rings is 1. The summed E-state index contributed by atoms with van der Waals surface area (Å²) in [5.74, 6) is -3.16. The van der Waals surface area contributed by atoms with E-state index in [0.717, 1.165) is 23.4 Å². The fourth-order valence-electron chi connectivity index (χ4n) is 4.93. The van der Waals surface area contributed by atoms with Gasteiger partial charge < -0.3 is 32.3 Å². The molecule has 216 valence electrons. The minimum absolute atomic E-state index is 0.0429. The molecule has 0 unspecified atom stereocenters. The fraction of sp³-hybridized carbons (Fsp3) is 0.348. The molecular formula is C23H25ClN10O5S2. The number of thioether (sulfide) groups is 1. The summed E-state index contributed by atoms with van der Waals surface area (Å²) in [5.41, 5.74) is 17.1. The van der Waals surface area contributed by atoms with Crippen molar-refractivity contribution < 1.29 is 29.3 Å². The lowest BCUT2D eigenvalue weighted by Gasteiger charge is -2.50. The Morgan fingerprint density at radius 2 is 2.10 bits per heavy atom. The van der Waals surface area contributed by atoms with Gasteiger partial charge in [0.15, 0.2) is 28.8 Å². The molecular weight excluding hydrogens is 596 g/mol. The van der Waals surface area contributed by atoms with Crippen LogP contribution in [0.3, 0.4) is 0 Å². The SMILES string of the molecule is NC(N)=NCCC[n+]1ccn2c1ccn2CC1=C(C(=O)[O-])N2C(=O)[C@@H](CC(=O)/C(=N\O)c3nc(N)sc3Cl)[C@H]2SC1. The van der Waals surface area contributed by atoms with Crippen LogP contribution >= 0.6 is 34.7 Å². The number of halogens is 1. The number of β-lactam (4-membered cyclic amide) rings is 1. The fourth-order valence-corrected chi connectivity index (χ4v) is 7.26.